The summed E-state index contributed by atoms with van der Waals surface area (Å²) in [6, 6.07) is 4.58. The average molecular weight is 219 g/mol. The van der Waals surface area contributed by atoms with Crippen LogP contribution in [-0.4, -0.2) is 13.1 Å². The quantitative estimate of drug-likeness (QED) is 0.716. The molecule has 0 spiro atoms. The maximum atomic E-state index is 2.51. The lowest BCUT2D eigenvalue weighted by molar-refractivity contribution is 0.728. The molecule has 1 heteroatoms. The predicted molar refractivity (Wildman–Crippen MR) is 73.4 cm³/mol. The highest BCUT2D eigenvalue weighted by Crippen LogP contribution is 2.26. The summed E-state index contributed by atoms with van der Waals surface area (Å²) in [6.07, 6.45) is 2.54. The molecule has 0 aliphatic rings. The van der Waals surface area contributed by atoms with E-state index in [-0.39, 0.29) is 0 Å². The third-order valence-corrected chi connectivity index (χ3v) is 3.11. The largest absolute Gasteiger partial charge is 0.371 e. The molecule has 0 radical (unpaired) electrons. The van der Waals surface area contributed by atoms with Crippen LogP contribution in [0.4, 0.5) is 5.69 Å². The van der Waals surface area contributed by atoms with Crippen molar-refractivity contribution in [3.63, 3.8) is 0 Å². The van der Waals surface area contributed by atoms with Gasteiger partial charge < -0.3 is 4.90 Å². The van der Waals surface area contributed by atoms with Crippen molar-refractivity contribution < 1.29 is 0 Å². The van der Waals surface area contributed by atoms with Gasteiger partial charge in [-0.05, 0) is 45.2 Å². The van der Waals surface area contributed by atoms with E-state index in [1.165, 1.54) is 41.8 Å². The maximum Gasteiger partial charge on any atom is 0.0425 e. The molecule has 0 atom stereocenters. The molecule has 0 saturated heterocycles. The molecule has 1 aromatic rings. The van der Waals surface area contributed by atoms with E-state index in [1.807, 2.05) is 0 Å². The number of unbranched alkanes of at least 4 members (excludes halogenated alkanes) is 1. The zero-order valence-corrected chi connectivity index (χ0v) is 11.4. The lowest BCUT2D eigenvalue weighted by Gasteiger charge is -2.27. The number of nitrogens with zero attached hydrogens (tertiary/aromatic N) is 1. The fourth-order valence-corrected chi connectivity index (χ4v) is 2.45. The SMILES string of the molecule is CCCCN(CC)c1c(C)cc(C)cc1C. The first-order valence-electron chi connectivity index (χ1n) is 6.42. The number of anilines is 1. The van der Waals surface area contributed by atoms with Gasteiger partial charge in [0.1, 0.15) is 0 Å². The van der Waals surface area contributed by atoms with Crippen LogP contribution >= 0.6 is 0 Å². The first kappa shape index (κ1) is 13.1. The highest BCUT2D eigenvalue weighted by atomic mass is 15.1. The van der Waals surface area contributed by atoms with Gasteiger partial charge in [-0.1, -0.05) is 31.0 Å². The molecule has 1 aromatic carbocycles. The Bertz CT molecular complexity index is 318. The summed E-state index contributed by atoms with van der Waals surface area (Å²) >= 11 is 0. The fraction of sp³-hybridized carbons (Fsp3) is 0.600. The predicted octanol–water partition coefficient (Wildman–Crippen LogP) is 4.24. The zero-order chi connectivity index (χ0) is 12.1. The van der Waals surface area contributed by atoms with Crippen LogP contribution in [0.2, 0.25) is 0 Å². The summed E-state index contributed by atoms with van der Waals surface area (Å²) in [5.41, 5.74) is 5.64. The molecule has 16 heavy (non-hydrogen) atoms. The van der Waals surface area contributed by atoms with Crippen molar-refractivity contribution in [3.8, 4) is 0 Å². The Balaban J connectivity index is 2.99. The molecule has 0 N–H and O–H groups in total. The van der Waals surface area contributed by atoms with Gasteiger partial charge in [-0.15, -0.1) is 0 Å². The van der Waals surface area contributed by atoms with Gasteiger partial charge in [-0.2, -0.15) is 0 Å². The molecule has 0 aromatic heterocycles. The molecule has 0 aliphatic carbocycles. The molecule has 0 unspecified atom stereocenters. The molecule has 0 amide bonds. The lowest BCUT2D eigenvalue weighted by Crippen LogP contribution is -2.25. The highest BCUT2D eigenvalue weighted by molar-refractivity contribution is 5.60. The van der Waals surface area contributed by atoms with Crippen molar-refractivity contribution in [2.24, 2.45) is 0 Å². The third kappa shape index (κ3) is 3.01. The topological polar surface area (TPSA) is 3.24 Å². The van der Waals surface area contributed by atoms with Gasteiger partial charge in [-0.25, -0.2) is 0 Å². The normalized spacial score (nSPS) is 10.6. The number of rotatable bonds is 5. The summed E-state index contributed by atoms with van der Waals surface area (Å²) in [5, 5.41) is 0. The van der Waals surface area contributed by atoms with Crippen molar-refractivity contribution in [2.45, 2.75) is 47.5 Å². The van der Waals surface area contributed by atoms with Crippen LogP contribution in [0, 0.1) is 20.8 Å². The molecular formula is C15H25N. The Hall–Kier alpha value is -0.980. The molecule has 0 aliphatic heterocycles. The van der Waals surface area contributed by atoms with Crippen LogP contribution in [0.3, 0.4) is 0 Å². The van der Waals surface area contributed by atoms with Crippen molar-refractivity contribution in [3.05, 3.63) is 28.8 Å². The van der Waals surface area contributed by atoms with Crippen molar-refractivity contribution >= 4 is 5.69 Å². The Labute approximate surface area is 100 Å². The van der Waals surface area contributed by atoms with Crippen LogP contribution in [0.1, 0.15) is 43.4 Å². The first-order chi connectivity index (χ1) is 7.60. The van der Waals surface area contributed by atoms with Crippen molar-refractivity contribution in [1.82, 2.24) is 0 Å². The maximum absolute atomic E-state index is 2.51. The van der Waals surface area contributed by atoms with Crippen LogP contribution in [0.25, 0.3) is 0 Å². The van der Waals surface area contributed by atoms with Gasteiger partial charge in [0.15, 0.2) is 0 Å². The summed E-state index contributed by atoms with van der Waals surface area (Å²) in [5.74, 6) is 0. The number of hydrogen-bond acceptors (Lipinski definition) is 1. The molecule has 0 fully saturated rings. The minimum Gasteiger partial charge on any atom is -0.371 e. The zero-order valence-electron chi connectivity index (χ0n) is 11.4. The second-order valence-electron chi connectivity index (χ2n) is 4.68. The number of hydrogen-bond donors (Lipinski definition) is 0. The summed E-state index contributed by atoms with van der Waals surface area (Å²) in [6.45, 7) is 13.4. The van der Waals surface area contributed by atoms with E-state index in [0.717, 1.165) is 6.54 Å². The summed E-state index contributed by atoms with van der Waals surface area (Å²) < 4.78 is 0. The van der Waals surface area contributed by atoms with Gasteiger partial charge in [0, 0.05) is 18.8 Å². The van der Waals surface area contributed by atoms with Crippen LogP contribution in [0.5, 0.6) is 0 Å². The van der Waals surface area contributed by atoms with E-state index >= 15 is 0 Å². The fourth-order valence-electron chi connectivity index (χ4n) is 2.45. The van der Waals surface area contributed by atoms with Gasteiger partial charge in [0.05, 0.1) is 0 Å². The van der Waals surface area contributed by atoms with Crippen LogP contribution in [0.15, 0.2) is 12.1 Å². The van der Waals surface area contributed by atoms with Crippen LogP contribution in [-0.2, 0) is 0 Å². The molecule has 0 saturated carbocycles. The molecule has 0 heterocycles. The molecule has 1 rings (SSSR count). The van der Waals surface area contributed by atoms with E-state index in [9.17, 15) is 0 Å². The van der Waals surface area contributed by atoms with Gasteiger partial charge in [-0.3, -0.25) is 0 Å². The Morgan fingerprint density at radius 2 is 1.56 bits per heavy atom. The summed E-state index contributed by atoms with van der Waals surface area (Å²) in [7, 11) is 0. The van der Waals surface area contributed by atoms with E-state index in [2.05, 4.69) is 51.7 Å². The standard InChI is InChI=1S/C15H25N/c1-6-8-9-16(7-2)15-13(4)10-12(3)11-14(15)5/h10-11H,6-9H2,1-5H3. The Kier molecular flexibility index (Phi) is 4.85. The highest BCUT2D eigenvalue weighted by Gasteiger charge is 2.10. The lowest BCUT2D eigenvalue weighted by atomic mass is 10.0. The second kappa shape index (κ2) is 5.93. The first-order valence-corrected chi connectivity index (χ1v) is 6.42. The minimum absolute atomic E-state index is 1.10. The van der Waals surface area contributed by atoms with E-state index in [0.29, 0.717) is 0 Å². The smallest absolute Gasteiger partial charge is 0.0425 e. The van der Waals surface area contributed by atoms with Gasteiger partial charge >= 0.3 is 0 Å². The monoisotopic (exact) mass is 219 g/mol. The van der Waals surface area contributed by atoms with Crippen LogP contribution < -0.4 is 4.90 Å². The van der Waals surface area contributed by atoms with Crippen molar-refractivity contribution in [2.75, 3.05) is 18.0 Å². The van der Waals surface area contributed by atoms with E-state index < -0.39 is 0 Å². The van der Waals surface area contributed by atoms with Gasteiger partial charge in [0.2, 0.25) is 0 Å². The Morgan fingerprint density at radius 1 is 1.00 bits per heavy atom. The average Bonchev–Trinajstić information content (AvgIpc) is 2.21. The van der Waals surface area contributed by atoms with E-state index in [4.69, 9.17) is 0 Å². The molecular weight excluding hydrogens is 194 g/mol. The molecule has 90 valence electrons. The Morgan fingerprint density at radius 3 is 2.00 bits per heavy atom. The molecule has 1 nitrogen and oxygen atoms in total. The minimum atomic E-state index is 1.10. The molecule has 0 bridgehead atoms. The third-order valence-electron chi connectivity index (χ3n) is 3.11. The van der Waals surface area contributed by atoms with Crippen molar-refractivity contribution in [1.29, 1.82) is 0 Å². The number of aryl methyl sites for hydroxylation is 3. The number of benzene rings is 1. The second-order valence-corrected chi connectivity index (χ2v) is 4.68. The van der Waals surface area contributed by atoms with Gasteiger partial charge in [0.25, 0.3) is 0 Å². The summed E-state index contributed by atoms with van der Waals surface area (Å²) in [4.78, 5) is 2.51. The van der Waals surface area contributed by atoms with E-state index in [1.54, 1.807) is 0 Å².